The maximum absolute atomic E-state index is 10.6. The van der Waals surface area contributed by atoms with E-state index in [9.17, 15) is 10.2 Å². The van der Waals surface area contributed by atoms with Gasteiger partial charge in [-0.05, 0) is 48.5 Å². The third kappa shape index (κ3) is 7.96. The number of hydrogen-bond donors (Lipinski definition) is 2. The van der Waals surface area contributed by atoms with E-state index in [0.29, 0.717) is 60.4 Å². The molecule has 0 atom stereocenters. The molecule has 2 N–H and O–H groups in total. The van der Waals surface area contributed by atoms with Gasteiger partial charge < -0.3 is 10.2 Å². The molecule has 0 aliphatic carbocycles. The Hall–Kier alpha value is -2.58. The Bertz CT molecular complexity index is 1260. The van der Waals surface area contributed by atoms with E-state index >= 15 is 0 Å². The molecule has 38 heavy (non-hydrogen) atoms. The van der Waals surface area contributed by atoms with Gasteiger partial charge in [-0.1, -0.05) is 58.5 Å². The summed E-state index contributed by atoms with van der Waals surface area (Å²) in [6.45, 7) is 3.07. The van der Waals surface area contributed by atoms with Gasteiger partial charge in [0, 0.05) is 72.8 Å². The average molecular weight is 592 g/mol. The fraction of sp³-hybridized carbons (Fsp3) is 0.214. The molecule has 2 aromatic carbocycles. The maximum Gasteiger partial charge on any atom is 0.138 e. The first-order valence-corrected chi connectivity index (χ1v) is 13.4. The Morgan fingerprint density at radius 2 is 1.00 bits per heavy atom. The topological polar surface area (TPSA) is 72.7 Å². The zero-order chi connectivity index (χ0) is 27.1. The van der Waals surface area contributed by atoms with Crippen molar-refractivity contribution in [2.24, 2.45) is 0 Å². The maximum atomic E-state index is 10.6. The van der Waals surface area contributed by atoms with Crippen molar-refractivity contribution < 1.29 is 10.2 Å². The number of pyridine rings is 2. The van der Waals surface area contributed by atoms with Crippen LogP contribution in [0.2, 0.25) is 20.1 Å². The van der Waals surface area contributed by atoms with Crippen LogP contribution < -0.4 is 0 Å². The molecule has 10 heteroatoms. The zero-order valence-corrected chi connectivity index (χ0v) is 23.4. The summed E-state index contributed by atoms with van der Waals surface area (Å²) >= 11 is 24.8. The van der Waals surface area contributed by atoms with Crippen LogP contribution in [0.25, 0.3) is 0 Å². The second-order valence-electron chi connectivity index (χ2n) is 8.85. The second-order valence-corrected chi connectivity index (χ2v) is 10.5. The van der Waals surface area contributed by atoms with Crippen molar-refractivity contribution in [2.45, 2.75) is 26.2 Å². The molecule has 0 aliphatic heterocycles. The molecule has 198 valence electrons. The second kappa shape index (κ2) is 13.5. The van der Waals surface area contributed by atoms with E-state index in [4.69, 9.17) is 46.4 Å². The highest BCUT2D eigenvalue weighted by Crippen LogP contribution is 2.33. The van der Waals surface area contributed by atoms with E-state index in [1.807, 2.05) is 36.4 Å². The first-order valence-electron chi connectivity index (χ1n) is 11.9. The number of benzene rings is 2. The van der Waals surface area contributed by atoms with Crippen LogP contribution in [0, 0.1) is 0 Å². The monoisotopic (exact) mass is 590 g/mol. The SMILES string of the molecule is Oc1c(Cl)cc(Cl)cc1CN(CCN(Cc1ccccn1)Cc1cc(Cl)cc(Cl)c1O)Cc1ccccn1. The van der Waals surface area contributed by atoms with Gasteiger partial charge in [0.05, 0.1) is 21.4 Å². The third-order valence-electron chi connectivity index (χ3n) is 5.96. The predicted octanol–water partition coefficient (Wildman–Crippen LogP) is 7.21. The average Bonchev–Trinajstić information content (AvgIpc) is 2.89. The van der Waals surface area contributed by atoms with Gasteiger partial charge in [-0.3, -0.25) is 19.8 Å². The molecule has 6 nitrogen and oxygen atoms in total. The quantitative estimate of drug-likeness (QED) is 0.192. The summed E-state index contributed by atoms with van der Waals surface area (Å²) in [4.78, 5) is 13.2. The van der Waals surface area contributed by atoms with Crippen molar-refractivity contribution in [3.63, 3.8) is 0 Å². The van der Waals surface area contributed by atoms with Crippen molar-refractivity contribution in [1.29, 1.82) is 0 Å². The first kappa shape index (κ1) is 28.4. The van der Waals surface area contributed by atoms with E-state index in [-0.39, 0.29) is 21.5 Å². The van der Waals surface area contributed by atoms with E-state index in [2.05, 4.69) is 19.8 Å². The van der Waals surface area contributed by atoms with Gasteiger partial charge in [0.25, 0.3) is 0 Å². The van der Waals surface area contributed by atoms with Crippen LogP contribution in [0.1, 0.15) is 22.5 Å². The van der Waals surface area contributed by atoms with E-state index < -0.39 is 0 Å². The summed E-state index contributed by atoms with van der Waals surface area (Å²) in [6.07, 6.45) is 3.50. The highest BCUT2D eigenvalue weighted by Gasteiger charge is 2.18. The Kier molecular flexibility index (Phi) is 10.1. The highest BCUT2D eigenvalue weighted by atomic mass is 35.5. The summed E-state index contributed by atoms with van der Waals surface area (Å²) in [7, 11) is 0. The van der Waals surface area contributed by atoms with Gasteiger partial charge >= 0.3 is 0 Å². The molecule has 0 aliphatic rings. The molecule has 0 unspecified atom stereocenters. The Morgan fingerprint density at radius 3 is 1.37 bits per heavy atom. The summed E-state index contributed by atoms with van der Waals surface area (Å²) < 4.78 is 0. The molecule has 2 aromatic heterocycles. The van der Waals surface area contributed by atoms with Crippen molar-refractivity contribution in [3.05, 3.63) is 116 Å². The van der Waals surface area contributed by atoms with Crippen LogP contribution in [0.3, 0.4) is 0 Å². The van der Waals surface area contributed by atoms with E-state index in [0.717, 1.165) is 11.4 Å². The summed E-state index contributed by atoms with van der Waals surface area (Å²) in [5.41, 5.74) is 3.01. The zero-order valence-electron chi connectivity index (χ0n) is 20.4. The molecular formula is C28H26Cl4N4O2. The van der Waals surface area contributed by atoms with Crippen LogP contribution in [0.15, 0.2) is 73.1 Å². The lowest BCUT2D eigenvalue weighted by atomic mass is 10.1. The number of rotatable bonds is 11. The normalized spacial score (nSPS) is 11.4. The molecule has 4 aromatic rings. The fourth-order valence-corrected chi connectivity index (χ4v) is 5.18. The first-order chi connectivity index (χ1) is 18.3. The fourth-order valence-electron chi connectivity index (χ4n) is 4.11. The number of nitrogens with zero attached hydrogens (tertiary/aromatic N) is 4. The van der Waals surface area contributed by atoms with Crippen LogP contribution in [-0.4, -0.2) is 43.1 Å². The van der Waals surface area contributed by atoms with Crippen LogP contribution in [0.5, 0.6) is 11.5 Å². The molecule has 0 bridgehead atoms. The lowest BCUT2D eigenvalue weighted by Crippen LogP contribution is -2.34. The van der Waals surface area contributed by atoms with Crippen LogP contribution >= 0.6 is 46.4 Å². The highest BCUT2D eigenvalue weighted by molar-refractivity contribution is 6.36. The summed E-state index contributed by atoms with van der Waals surface area (Å²) in [5, 5.41) is 22.5. The Labute approximate surface area is 242 Å². The van der Waals surface area contributed by atoms with Gasteiger partial charge in [-0.2, -0.15) is 0 Å². The van der Waals surface area contributed by atoms with Crippen LogP contribution in [0.4, 0.5) is 0 Å². The lowest BCUT2D eigenvalue weighted by molar-refractivity contribution is 0.178. The summed E-state index contributed by atoms with van der Waals surface area (Å²) in [6, 6.07) is 18.0. The van der Waals surface area contributed by atoms with E-state index in [1.165, 1.54) is 12.1 Å². The summed E-state index contributed by atoms with van der Waals surface area (Å²) in [5.74, 6) is 0.0110. The van der Waals surface area contributed by atoms with Crippen molar-refractivity contribution in [1.82, 2.24) is 19.8 Å². The molecule has 0 radical (unpaired) electrons. The largest absolute Gasteiger partial charge is 0.506 e. The number of aromatic nitrogens is 2. The van der Waals surface area contributed by atoms with Gasteiger partial charge in [0.15, 0.2) is 0 Å². The predicted molar refractivity (Wildman–Crippen MR) is 153 cm³/mol. The number of aromatic hydroxyl groups is 2. The molecule has 2 heterocycles. The lowest BCUT2D eigenvalue weighted by Gasteiger charge is -2.28. The molecular weight excluding hydrogens is 566 g/mol. The van der Waals surface area contributed by atoms with Gasteiger partial charge in [0.1, 0.15) is 11.5 Å². The van der Waals surface area contributed by atoms with Gasteiger partial charge in [0.2, 0.25) is 0 Å². The molecule has 4 rings (SSSR count). The minimum absolute atomic E-state index is 0.00548. The molecule has 0 fully saturated rings. The molecule has 0 saturated carbocycles. The van der Waals surface area contributed by atoms with Crippen molar-refractivity contribution in [2.75, 3.05) is 13.1 Å². The van der Waals surface area contributed by atoms with Crippen molar-refractivity contribution >= 4 is 46.4 Å². The number of hydrogen-bond acceptors (Lipinski definition) is 6. The van der Waals surface area contributed by atoms with Gasteiger partial charge in [-0.25, -0.2) is 0 Å². The van der Waals surface area contributed by atoms with Gasteiger partial charge in [-0.15, -0.1) is 0 Å². The number of phenols is 2. The Morgan fingerprint density at radius 1 is 0.579 bits per heavy atom. The van der Waals surface area contributed by atoms with Crippen LogP contribution in [-0.2, 0) is 26.2 Å². The van der Waals surface area contributed by atoms with Crippen molar-refractivity contribution in [3.8, 4) is 11.5 Å². The number of phenolic OH excluding ortho intramolecular Hbond substituents is 2. The number of halogens is 4. The molecule has 0 amide bonds. The van der Waals surface area contributed by atoms with E-state index in [1.54, 1.807) is 24.5 Å². The Balaban J connectivity index is 1.58. The minimum Gasteiger partial charge on any atom is -0.506 e. The minimum atomic E-state index is 0.00548. The third-order valence-corrected chi connectivity index (χ3v) is 6.97. The smallest absolute Gasteiger partial charge is 0.138 e. The molecule has 0 saturated heterocycles. The standard InChI is InChI=1S/C28H26Cl4N4O2/c29-21-11-19(27(37)25(31)13-21)15-35(17-23-5-1-3-7-33-23)9-10-36(18-24-6-2-4-8-34-24)16-20-12-22(30)14-26(32)28(20)38/h1-8,11-14,37-38H,9-10,15-18H2. The molecule has 0 spiro atoms.